The van der Waals surface area contributed by atoms with Crippen molar-refractivity contribution < 1.29 is 4.79 Å². The molecule has 12 heteroatoms. The smallest absolute Gasteiger partial charge is 0.307 e. The molecule has 3 aromatic rings. The van der Waals surface area contributed by atoms with Gasteiger partial charge in [-0.3, -0.25) is 10.3 Å². The molecule has 1 aliphatic carbocycles. The van der Waals surface area contributed by atoms with Gasteiger partial charge < -0.3 is 10.7 Å². The largest absolute Gasteiger partial charge is 0.326 e. The SMILES string of the molecule is C[C@@]1(C2CC2)CN(C(=O)Nc2cnc(N/N=C\C=N)c(Cl)c2)c2cnc3cc(Cl)nn3c21. The lowest BCUT2D eigenvalue weighted by Crippen LogP contribution is -2.39. The van der Waals surface area contributed by atoms with Crippen LogP contribution in [-0.4, -0.2) is 44.6 Å². The maximum Gasteiger partial charge on any atom is 0.326 e. The zero-order valence-electron chi connectivity index (χ0n) is 17.0. The van der Waals surface area contributed by atoms with E-state index in [0.717, 1.165) is 24.8 Å². The van der Waals surface area contributed by atoms with Crippen molar-refractivity contribution >= 4 is 64.5 Å². The lowest BCUT2D eigenvalue weighted by atomic mass is 9.83. The summed E-state index contributed by atoms with van der Waals surface area (Å²) in [5, 5.41) is 18.6. The number of carbonyl (C=O) groups excluding carboxylic acids is 1. The number of fused-ring (bicyclic) bond motifs is 3. The summed E-state index contributed by atoms with van der Waals surface area (Å²) in [6.45, 7) is 2.68. The van der Waals surface area contributed by atoms with Crippen LogP contribution in [0.2, 0.25) is 10.2 Å². The Kier molecular flexibility index (Phi) is 4.98. The fourth-order valence-corrected chi connectivity index (χ4v) is 4.64. The van der Waals surface area contributed by atoms with Gasteiger partial charge in [0.1, 0.15) is 0 Å². The summed E-state index contributed by atoms with van der Waals surface area (Å²) in [7, 11) is 0. The number of nitrogens with one attached hydrogen (secondary N) is 3. The maximum atomic E-state index is 13.3. The van der Waals surface area contributed by atoms with Crippen molar-refractivity contribution in [2.75, 3.05) is 22.2 Å². The molecule has 1 saturated carbocycles. The number of rotatable bonds is 5. The number of halogens is 2. The van der Waals surface area contributed by atoms with Crippen molar-refractivity contribution in [1.82, 2.24) is 19.6 Å². The van der Waals surface area contributed by atoms with Crippen LogP contribution >= 0.6 is 23.2 Å². The second-order valence-electron chi connectivity index (χ2n) is 8.05. The fraction of sp³-hybridized carbons (Fsp3) is 0.300. The number of pyridine rings is 1. The van der Waals surface area contributed by atoms with Gasteiger partial charge in [0.05, 0.1) is 40.7 Å². The Hall–Kier alpha value is -3.24. The highest BCUT2D eigenvalue weighted by Gasteiger charge is 2.52. The third kappa shape index (κ3) is 3.45. The number of anilines is 3. The van der Waals surface area contributed by atoms with E-state index in [2.05, 4.69) is 37.8 Å². The fourth-order valence-electron chi connectivity index (χ4n) is 4.26. The van der Waals surface area contributed by atoms with Gasteiger partial charge in [-0.1, -0.05) is 30.1 Å². The average Bonchev–Trinajstić information content (AvgIpc) is 3.48. The number of hydrazone groups is 1. The molecular weight excluding hydrogens is 453 g/mol. The molecule has 1 aliphatic heterocycles. The van der Waals surface area contributed by atoms with Gasteiger partial charge in [-0.05, 0) is 24.8 Å². The molecule has 1 fully saturated rings. The second-order valence-corrected chi connectivity index (χ2v) is 8.84. The highest BCUT2D eigenvalue weighted by molar-refractivity contribution is 6.33. The Bertz CT molecular complexity index is 1270. The molecule has 3 aromatic heterocycles. The molecule has 3 N–H and O–H groups in total. The van der Waals surface area contributed by atoms with Crippen molar-refractivity contribution in [3.63, 3.8) is 0 Å². The van der Waals surface area contributed by atoms with Crippen molar-refractivity contribution in [3.05, 3.63) is 40.4 Å². The summed E-state index contributed by atoms with van der Waals surface area (Å²) in [5.74, 6) is 0.786. The van der Waals surface area contributed by atoms with E-state index in [4.69, 9.17) is 28.6 Å². The molecule has 0 radical (unpaired) electrons. The minimum Gasteiger partial charge on any atom is -0.307 e. The molecule has 4 heterocycles. The highest BCUT2D eigenvalue weighted by Crippen LogP contribution is 2.53. The third-order valence-electron chi connectivity index (χ3n) is 5.89. The van der Waals surface area contributed by atoms with Crippen LogP contribution in [0.4, 0.5) is 22.0 Å². The third-order valence-corrected chi connectivity index (χ3v) is 6.36. The van der Waals surface area contributed by atoms with E-state index in [1.807, 2.05) is 0 Å². The summed E-state index contributed by atoms with van der Waals surface area (Å²) in [6, 6.07) is 2.99. The number of hydrogen-bond acceptors (Lipinski definition) is 7. The van der Waals surface area contributed by atoms with Crippen LogP contribution in [0.15, 0.2) is 29.6 Å². The van der Waals surface area contributed by atoms with E-state index in [-0.39, 0.29) is 16.5 Å². The van der Waals surface area contributed by atoms with Gasteiger partial charge in [-0.15, -0.1) is 0 Å². The lowest BCUT2D eigenvalue weighted by Gasteiger charge is -2.25. The first kappa shape index (κ1) is 20.7. The summed E-state index contributed by atoms with van der Waals surface area (Å²) in [5.41, 5.74) is 5.15. The normalized spacial score (nSPS) is 20.0. The summed E-state index contributed by atoms with van der Waals surface area (Å²) >= 11 is 12.4. The minimum absolute atomic E-state index is 0.250. The number of nitrogens with zero attached hydrogens (tertiary/aromatic N) is 6. The number of amides is 2. The highest BCUT2D eigenvalue weighted by atomic mass is 35.5. The zero-order valence-corrected chi connectivity index (χ0v) is 18.5. The molecule has 164 valence electrons. The Labute approximate surface area is 193 Å². The average molecular weight is 472 g/mol. The van der Waals surface area contributed by atoms with Gasteiger partial charge in [-0.25, -0.2) is 19.3 Å². The molecule has 0 unspecified atom stereocenters. The summed E-state index contributed by atoms with van der Waals surface area (Å²) in [6.07, 6.45) is 7.69. The summed E-state index contributed by atoms with van der Waals surface area (Å²) in [4.78, 5) is 23.6. The number of carbonyl (C=O) groups is 1. The molecule has 1 atom stereocenters. The van der Waals surface area contributed by atoms with Gasteiger partial charge in [-0.2, -0.15) is 10.2 Å². The lowest BCUT2D eigenvalue weighted by molar-refractivity contribution is 0.255. The van der Waals surface area contributed by atoms with Crippen molar-refractivity contribution in [1.29, 1.82) is 5.41 Å². The van der Waals surface area contributed by atoms with Crippen molar-refractivity contribution in [3.8, 4) is 0 Å². The van der Waals surface area contributed by atoms with Crippen molar-refractivity contribution in [2.24, 2.45) is 11.0 Å². The first-order chi connectivity index (χ1) is 15.4. The molecule has 10 nitrogen and oxygen atoms in total. The van der Waals surface area contributed by atoms with E-state index in [1.54, 1.807) is 27.7 Å². The van der Waals surface area contributed by atoms with E-state index in [0.29, 0.717) is 40.5 Å². The van der Waals surface area contributed by atoms with Crippen LogP contribution in [0.3, 0.4) is 0 Å². The standard InChI is InChI=1S/C20H19Cl2N9O/c1-20(11-2-3-11)10-30(14-9-24-16-7-15(22)29-31(16)17(14)20)19(32)27-12-6-13(21)18(25-8-12)28-26-5-4-23/h4-9,11,23H,2-3,10H2,1H3,(H,25,28)(H,27,32)/b23-4?,26-5-/t20-/m0/s1. The monoisotopic (exact) mass is 471 g/mol. The first-order valence-electron chi connectivity index (χ1n) is 9.97. The zero-order chi connectivity index (χ0) is 22.5. The van der Waals surface area contributed by atoms with Crippen LogP contribution < -0.4 is 15.6 Å². The molecule has 0 saturated heterocycles. The second kappa shape index (κ2) is 7.72. The van der Waals surface area contributed by atoms with Crippen molar-refractivity contribution in [2.45, 2.75) is 25.2 Å². The Morgan fingerprint density at radius 2 is 2.12 bits per heavy atom. The van der Waals surface area contributed by atoms with Gasteiger partial charge in [0, 0.05) is 24.2 Å². The number of urea groups is 1. The van der Waals surface area contributed by atoms with Gasteiger partial charge in [0.15, 0.2) is 16.6 Å². The molecule has 0 aromatic carbocycles. The molecule has 2 aliphatic rings. The van der Waals surface area contributed by atoms with Crippen LogP contribution in [0.25, 0.3) is 5.65 Å². The molecule has 5 rings (SSSR count). The van der Waals surface area contributed by atoms with Crippen LogP contribution in [0.5, 0.6) is 0 Å². The molecule has 0 spiro atoms. The number of aromatic nitrogens is 4. The van der Waals surface area contributed by atoms with Crippen LogP contribution in [0, 0.1) is 11.3 Å². The maximum absolute atomic E-state index is 13.3. The first-order valence-corrected chi connectivity index (χ1v) is 10.7. The van der Waals surface area contributed by atoms with E-state index in [1.165, 1.54) is 12.4 Å². The van der Waals surface area contributed by atoms with Crippen LogP contribution in [-0.2, 0) is 5.41 Å². The van der Waals surface area contributed by atoms with E-state index >= 15 is 0 Å². The predicted molar refractivity (Wildman–Crippen MR) is 125 cm³/mol. The van der Waals surface area contributed by atoms with E-state index in [9.17, 15) is 4.79 Å². The molecule has 0 bridgehead atoms. The Morgan fingerprint density at radius 1 is 1.31 bits per heavy atom. The molecular formula is C20H19Cl2N9O. The quantitative estimate of drug-likeness (QED) is 0.379. The van der Waals surface area contributed by atoms with Gasteiger partial charge in [0.25, 0.3) is 0 Å². The predicted octanol–water partition coefficient (Wildman–Crippen LogP) is 4.20. The Balaban J connectivity index is 1.44. The van der Waals surface area contributed by atoms with E-state index < -0.39 is 0 Å². The molecule has 2 amide bonds. The number of hydrogen-bond donors (Lipinski definition) is 3. The Morgan fingerprint density at radius 3 is 2.84 bits per heavy atom. The molecule has 32 heavy (non-hydrogen) atoms. The minimum atomic E-state index is -0.310. The van der Waals surface area contributed by atoms with Crippen LogP contribution in [0.1, 0.15) is 25.5 Å². The van der Waals surface area contributed by atoms with Gasteiger partial charge in [0.2, 0.25) is 0 Å². The summed E-state index contributed by atoms with van der Waals surface area (Å²) < 4.78 is 1.76. The van der Waals surface area contributed by atoms with Gasteiger partial charge >= 0.3 is 6.03 Å². The topological polar surface area (TPSA) is 124 Å².